The molecule has 0 spiro atoms. The molecule has 0 amide bonds. The van der Waals surface area contributed by atoms with Gasteiger partial charge in [0.15, 0.2) is 0 Å². The van der Waals surface area contributed by atoms with E-state index in [0.29, 0.717) is 0 Å². The molecule has 0 aliphatic rings. The first-order valence-electron chi connectivity index (χ1n) is 6.67. The Morgan fingerprint density at radius 2 is 1.95 bits per heavy atom. The summed E-state index contributed by atoms with van der Waals surface area (Å²) in [7, 11) is 1.69. The van der Waals surface area contributed by atoms with Crippen molar-refractivity contribution in [2.45, 2.75) is 32.2 Å². The Bertz CT molecular complexity index is 521. The molecule has 1 aromatic heterocycles. The molecule has 0 saturated carbocycles. The third-order valence-electron chi connectivity index (χ3n) is 3.16. The van der Waals surface area contributed by atoms with Crippen molar-refractivity contribution in [3.63, 3.8) is 0 Å². The van der Waals surface area contributed by atoms with E-state index >= 15 is 0 Å². The smallest absolute Gasteiger partial charge is 0.119 e. The van der Waals surface area contributed by atoms with Gasteiger partial charge in [-0.15, -0.1) is 11.3 Å². The molecule has 1 aromatic carbocycles. The minimum atomic E-state index is 0.162. The van der Waals surface area contributed by atoms with Crippen LogP contribution < -0.4 is 10.5 Å². The van der Waals surface area contributed by atoms with Crippen molar-refractivity contribution in [3.8, 4) is 5.75 Å². The van der Waals surface area contributed by atoms with Gasteiger partial charge >= 0.3 is 0 Å². The normalized spacial score (nSPS) is 12.4. The van der Waals surface area contributed by atoms with E-state index in [9.17, 15) is 0 Å². The Morgan fingerprint density at radius 1 is 1.16 bits per heavy atom. The van der Waals surface area contributed by atoms with E-state index in [1.54, 1.807) is 7.11 Å². The lowest BCUT2D eigenvalue weighted by atomic mass is 10.0. The topological polar surface area (TPSA) is 35.2 Å². The van der Waals surface area contributed by atoms with Gasteiger partial charge in [-0.05, 0) is 49.1 Å². The molecule has 1 atom stereocenters. The van der Waals surface area contributed by atoms with Gasteiger partial charge in [-0.3, -0.25) is 0 Å². The van der Waals surface area contributed by atoms with E-state index in [2.05, 4.69) is 31.2 Å². The van der Waals surface area contributed by atoms with Gasteiger partial charge in [-0.25, -0.2) is 0 Å². The van der Waals surface area contributed by atoms with E-state index in [0.717, 1.165) is 25.0 Å². The van der Waals surface area contributed by atoms with Crippen molar-refractivity contribution in [1.29, 1.82) is 0 Å². The fourth-order valence-electron chi connectivity index (χ4n) is 2.15. The van der Waals surface area contributed by atoms with Crippen LogP contribution in [0.2, 0.25) is 0 Å². The summed E-state index contributed by atoms with van der Waals surface area (Å²) in [4.78, 5) is 2.82. The average Bonchev–Trinajstić information content (AvgIpc) is 2.86. The predicted molar refractivity (Wildman–Crippen MR) is 82.1 cm³/mol. The van der Waals surface area contributed by atoms with Crippen molar-refractivity contribution in [3.05, 3.63) is 51.7 Å². The van der Waals surface area contributed by atoms with E-state index in [4.69, 9.17) is 10.5 Å². The highest BCUT2D eigenvalue weighted by atomic mass is 32.1. The molecular formula is C16H21NOS. The van der Waals surface area contributed by atoms with E-state index in [1.165, 1.54) is 15.3 Å². The first kappa shape index (κ1) is 14.1. The number of nitrogens with two attached hydrogens (primary N) is 1. The summed E-state index contributed by atoms with van der Waals surface area (Å²) in [6, 6.07) is 12.7. The van der Waals surface area contributed by atoms with Crippen LogP contribution in [0.5, 0.6) is 5.75 Å². The van der Waals surface area contributed by atoms with Crippen molar-refractivity contribution in [2.75, 3.05) is 7.11 Å². The maximum Gasteiger partial charge on any atom is 0.119 e. The molecule has 2 rings (SSSR count). The van der Waals surface area contributed by atoms with Gasteiger partial charge in [0.2, 0.25) is 0 Å². The number of aryl methyl sites for hydroxylation is 1. The van der Waals surface area contributed by atoms with Crippen molar-refractivity contribution >= 4 is 11.3 Å². The number of rotatable bonds is 6. The summed E-state index contributed by atoms with van der Waals surface area (Å²) in [6.45, 7) is 2.19. The number of benzene rings is 1. The lowest BCUT2D eigenvalue weighted by molar-refractivity contribution is 0.414. The molecule has 0 fully saturated rings. The molecule has 0 aliphatic carbocycles. The van der Waals surface area contributed by atoms with Gasteiger partial charge in [-0.2, -0.15) is 0 Å². The molecule has 0 aliphatic heterocycles. The molecule has 2 aromatic rings. The molecule has 0 bridgehead atoms. The molecule has 1 unspecified atom stereocenters. The van der Waals surface area contributed by atoms with Crippen LogP contribution in [0.1, 0.15) is 22.2 Å². The number of hydrogen-bond donors (Lipinski definition) is 1. The number of methoxy groups -OCH3 is 1. The van der Waals surface area contributed by atoms with Gasteiger partial charge in [0, 0.05) is 15.8 Å². The summed E-state index contributed by atoms with van der Waals surface area (Å²) in [5.74, 6) is 0.897. The van der Waals surface area contributed by atoms with Crippen LogP contribution in [0.3, 0.4) is 0 Å². The van der Waals surface area contributed by atoms with Crippen LogP contribution in [0.15, 0.2) is 36.4 Å². The Kier molecular flexibility index (Phi) is 5.00. The summed E-state index contributed by atoms with van der Waals surface area (Å²) in [5.41, 5.74) is 7.48. The highest BCUT2D eigenvalue weighted by Crippen LogP contribution is 2.20. The first-order chi connectivity index (χ1) is 9.21. The second-order valence-corrected chi connectivity index (χ2v) is 5.99. The zero-order chi connectivity index (χ0) is 13.7. The standard InChI is InChI=1S/C16H21NOS/c1-3-15-7-8-16(19-15)11-13(17)9-12-5-4-6-14(10-12)18-2/h4-8,10,13H,3,9,11,17H2,1-2H3. The largest absolute Gasteiger partial charge is 0.497 e. The van der Waals surface area contributed by atoms with E-state index in [-0.39, 0.29) is 6.04 Å². The van der Waals surface area contributed by atoms with Crippen molar-refractivity contribution in [1.82, 2.24) is 0 Å². The van der Waals surface area contributed by atoms with Crippen LogP contribution in [-0.2, 0) is 19.3 Å². The highest BCUT2D eigenvalue weighted by molar-refractivity contribution is 7.11. The molecule has 2 N–H and O–H groups in total. The molecule has 1 heterocycles. The summed E-state index contributed by atoms with van der Waals surface area (Å²) >= 11 is 1.87. The van der Waals surface area contributed by atoms with Crippen LogP contribution in [-0.4, -0.2) is 13.2 Å². The Balaban J connectivity index is 1.94. The summed E-state index contributed by atoms with van der Waals surface area (Å²) in [5, 5.41) is 0. The molecule has 3 heteroatoms. The fraction of sp³-hybridized carbons (Fsp3) is 0.375. The van der Waals surface area contributed by atoms with Gasteiger partial charge in [0.1, 0.15) is 5.75 Å². The van der Waals surface area contributed by atoms with Crippen LogP contribution >= 0.6 is 11.3 Å². The van der Waals surface area contributed by atoms with Crippen molar-refractivity contribution < 1.29 is 4.74 Å². The second-order valence-electron chi connectivity index (χ2n) is 4.74. The molecule has 0 saturated heterocycles. The number of hydrogen-bond acceptors (Lipinski definition) is 3. The SMILES string of the molecule is CCc1ccc(CC(N)Cc2cccc(OC)c2)s1. The van der Waals surface area contributed by atoms with Gasteiger partial charge in [0.05, 0.1) is 7.11 Å². The zero-order valence-corrected chi connectivity index (χ0v) is 12.4. The monoisotopic (exact) mass is 275 g/mol. The molecule has 0 radical (unpaired) electrons. The maximum absolute atomic E-state index is 6.25. The minimum absolute atomic E-state index is 0.162. The lowest BCUT2D eigenvalue weighted by Crippen LogP contribution is -2.25. The highest BCUT2D eigenvalue weighted by Gasteiger charge is 2.08. The van der Waals surface area contributed by atoms with Crippen molar-refractivity contribution in [2.24, 2.45) is 5.73 Å². The second kappa shape index (κ2) is 6.73. The Morgan fingerprint density at radius 3 is 2.63 bits per heavy atom. The lowest BCUT2D eigenvalue weighted by Gasteiger charge is -2.11. The summed E-state index contributed by atoms with van der Waals surface area (Å²) < 4.78 is 5.23. The zero-order valence-electron chi connectivity index (χ0n) is 11.6. The van der Waals surface area contributed by atoms with Crippen LogP contribution in [0.4, 0.5) is 0 Å². The molecule has 2 nitrogen and oxygen atoms in total. The summed E-state index contributed by atoms with van der Waals surface area (Å²) in [6.07, 6.45) is 2.94. The Hall–Kier alpha value is -1.32. The van der Waals surface area contributed by atoms with E-state index in [1.807, 2.05) is 23.5 Å². The Labute approximate surface area is 119 Å². The predicted octanol–water partition coefficient (Wildman–Crippen LogP) is 3.43. The fourth-order valence-corrected chi connectivity index (χ4v) is 3.21. The maximum atomic E-state index is 6.25. The van der Waals surface area contributed by atoms with E-state index < -0.39 is 0 Å². The molecular weight excluding hydrogens is 254 g/mol. The minimum Gasteiger partial charge on any atom is -0.497 e. The number of ether oxygens (including phenoxy) is 1. The molecule has 19 heavy (non-hydrogen) atoms. The quantitative estimate of drug-likeness (QED) is 0.876. The number of thiophene rings is 1. The molecule has 102 valence electrons. The van der Waals surface area contributed by atoms with Gasteiger partial charge in [-0.1, -0.05) is 19.1 Å². The van der Waals surface area contributed by atoms with Crippen LogP contribution in [0, 0.1) is 0 Å². The first-order valence-corrected chi connectivity index (χ1v) is 7.49. The third kappa shape index (κ3) is 4.08. The third-order valence-corrected chi connectivity index (χ3v) is 4.41. The van der Waals surface area contributed by atoms with Crippen LogP contribution in [0.25, 0.3) is 0 Å². The van der Waals surface area contributed by atoms with Gasteiger partial charge < -0.3 is 10.5 Å². The van der Waals surface area contributed by atoms with Gasteiger partial charge in [0.25, 0.3) is 0 Å². The average molecular weight is 275 g/mol.